The van der Waals surface area contributed by atoms with Gasteiger partial charge in [-0.15, -0.1) is 0 Å². The second-order valence-electron chi connectivity index (χ2n) is 2.70. The van der Waals surface area contributed by atoms with E-state index in [1.165, 1.54) is 5.56 Å². The second-order valence-corrected chi connectivity index (χ2v) is 2.70. The number of rotatable bonds is 2. The van der Waals surface area contributed by atoms with E-state index in [-0.39, 0.29) is 6.04 Å². The van der Waals surface area contributed by atoms with Gasteiger partial charge in [0.1, 0.15) is 0 Å². The zero-order valence-corrected chi connectivity index (χ0v) is 6.37. The topological polar surface area (TPSA) is 39.2 Å². The summed E-state index contributed by atoms with van der Waals surface area (Å²) in [5, 5.41) is 0. The molecule has 0 fully saturated rings. The van der Waals surface area contributed by atoms with E-state index in [2.05, 4.69) is 6.92 Å². The van der Waals surface area contributed by atoms with Crippen molar-refractivity contribution < 1.29 is 4.42 Å². The van der Waals surface area contributed by atoms with Crippen LogP contribution in [-0.2, 0) is 0 Å². The summed E-state index contributed by atoms with van der Waals surface area (Å²) < 4.78 is 4.93. The molecule has 0 radical (unpaired) electrons. The molecule has 2 heteroatoms. The average molecular weight is 139 g/mol. The van der Waals surface area contributed by atoms with Crippen molar-refractivity contribution in [3.63, 3.8) is 0 Å². The fraction of sp³-hybridized carbons (Fsp3) is 0.500. The van der Waals surface area contributed by atoms with Crippen LogP contribution in [0.4, 0.5) is 0 Å². The van der Waals surface area contributed by atoms with Gasteiger partial charge in [0.2, 0.25) is 0 Å². The molecule has 2 unspecified atom stereocenters. The number of furan rings is 1. The summed E-state index contributed by atoms with van der Waals surface area (Å²) in [5.74, 6) is 0.388. The van der Waals surface area contributed by atoms with Gasteiger partial charge in [-0.05, 0) is 24.5 Å². The van der Waals surface area contributed by atoms with Gasteiger partial charge in [0, 0.05) is 6.04 Å². The third-order valence-corrected chi connectivity index (χ3v) is 1.86. The molecule has 0 amide bonds. The summed E-state index contributed by atoms with van der Waals surface area (Å²) in [6, 6.07) is 2.14. The molecule has 2 N–H and O–H groups in total. The number of hydrogen-bond donors (Lipinski definition) is 1. The summed E-state index contributed by atoms with van der Waals surface area (Å²) in [5.41, 5.74) is 6.86. The third-order valence-electron chi connectivity index (χ3n) is 1.86. The lowest BCUT2D eigenvalue weighted by Crippen LogP contribution is -2.21. The maximum Gasteiger partial charge on any atom is 0.0937 e. The van der Waals surface area contributed by atoms with Gasteiger partial charge in [0.05, 0.1) is 12.5 Å². The van der Waals surface area contributed by atoms with Gasteiger partial charge in [-0.2, -0.15) is 0 Å². The summed E-state index contributed by atoms with van der Waals surface area (Å²) in [6.45, 7) is 4.09. The maximum absolute atomic E-state index is 5.69. The van der Waals surface area contributed by atoms with E-state index in [0.29, 0.717) is 5.92 Å². The maximum atomic E-state index is 5.69. The smallest absolute Gasteiger partial charge is 0.0937 e. The molecule has 0 aliphatic heterocycles. The molecule has 0 saturated heterocycles. The molecule has 1 aromatic heterocycles. The monoisotopic (exact) mass is 139 g/mol. The predicted octanol–water partition coefficient (Wildman–Crippen LogP) is 1.73. The predicted molar refractivity (Wildman–Crippen MR) is 40.8 cm³/mol. The fourth-order valence-electron chi connectivity index (χ4n) is 0.838. The first-order valence-corrected chi connectivity index (χ1v) is 3.49. The Bertz CT molecular complexity index is 179. The average Bonchev–Trinajstić information content (AvgIpc) is 2.36. The van der Waals surface area contributed by atoms with Gasteiger partial charge in [-0.1, -0.05) is 6.92 Å². The Labute approximate surface area is 61.0 Å². The highest BCUT2D eigenvalue weighted by Crippen LogP contribution is 2.17. The molecule has 0 bridgehead atoms. The van der Waals surface area contributed by atoms with Crippen LogP contribution in [0.25, 0.3) is 0 Å². The van der Waals surface area contributed by atoms with Crippen LogP contribution >= 0.6 is 0 Å². The van der Waals surface area contributed by atoms with Crippen LogP contribution in [0.3, 0.4) is 0 Å². The molecule has 0 aromatic carbocycles. The molecular weight excluding hydrogens is 126 g/mol. The molecule has 56 valence electrons. The first-order chi connectivity index (χ1) is 4.72. The molecule has 1 aromatic rings. The van der Waals surface area contributed by atoms with E-state index in [0.717, 1.165) is 0 Å². The Morgan fingerprint density at radius 3 is 2.60 bits per heavy atom. The minimum absolute atomic E-state index is 0.192. The van der Waals surface area contributed by atoms with Crippen molar-refractivity contribution >= 4 is 0 Å². The summed E-state index contributed by atoms with van der Waals surface area (Å²) in [6.07, 6.45) is 3.42. The van der Waals surface area contributed by atoms with E-state index < -0.39 is 0 Å². The summed E-state index contributed by atoms with van der Waals surface area (Å²) >= 11 is 0. The van der Waals surface area contributed by atoms with Gasteiger partial charge in [0.15, 0.2) is 0 Å². The van der Waals surface area contributed by atoms with Crippen LogP contribution in [-0.4, -0.2) is 6.04 Å². The largest absolute Gasteiger partial charge is 0.472 e. The molecule has 10 heavy (non-hydrogen) atoms. The van der Waals surface area contributed by atoms with Gasteiger partial charge in [0.25, 0.3) is 0 Å². The molecule has 0 aliphatic rings. The van der Waals surface area contributed by atoms with E-state index in [9.17, 15) is 0 Å². The molecule has 0 saturated carbocycles. The van der Waals surface area contributed by atoms with Crippen molar-refractivity contribution in [1.29, 1.82) is 0 Å². The SMILES string of the molecule is CC(N)C(C)c1ccoc1. The lowest BCUT2D eigenvalue weighted by Gasteiger charge is -2.12. The van der Waals surface area contributed by atoms with Crippen LogP contribution in [0.1, 0.15) is 25.3 Å². The molecule has 0 aliphatic carbocycles. The van der Waals surface area contributed by atoms with Crippen molar-refractivity contribution in [2.24, 2.45) is 5.73 Å². The Morgan fingerprint density at radius 2 is 2.20 bits per heavy atom. The molecule has 2 nitrogen and oxygen atoms in total. The standard InChI is InChI=1S/C8H13NO/c1-6(7(2)9)8-3-4-10-5-8/h3-7H,9H2,1-2H3. The molecule has 2 atom stereocenters. The molecule has 1 rings (SSSR count). The van der Waals surface area contributed by atoms with Crippen LogP contribution in [0.5, 0.6) is 0 Å². The lowest BCUT2D eigenvalue weighted by molar-refractivity contribution is 0.549. The zero-order valence-electron chi connectivity index (χ0n) is 6.37. The van der Waals surface area contributed by atoms with Crippen LogP contribution in [0.15, 0.2) is 23.0 Å². The van der Waals surface area contributed by atoms with E-state index in [1.54, 1.807) is 12.5 Å². The Hall–Kier alpha value is -0.760. The van der Waals surface area contributed by atoms with Crippen LogP contribution in [0, 0.1) is 0 Å². The van der Waals surface area contributed by atoms with Crippen LogP contribution in [0.2, 0.25) is 0 Å². The van der Waals surface area contributed by atoms with Gasteiger partial charge < -0.3 is 10.2 Å². The molecule has 1 heterocycles. The van der Waals surface area contributed by atoms with E-state index >= 15 is 0 Å². The summed E-state index contributed by atoms with van der Waals surface area (Å²) in [7, 11) is 0. The minimum atomic E-state index is 0.192. The highest BCUT2D eigenvalue weighted by Gasteiger charge is 2.10. The van der Waals surface area contributed by atoms with Crippen molar-refractivity contribution in [2.45, 2.75) is 25.8 Å². The van der Waals surface area contributed by atoms with Gasteiger partial charge in [-0.3, -0.25) is 0 Å². The lowest BCUT2D eigenvalue weighted by atomic mass is 9.98. The van der Waals surface area contributed by atoms with Crippen LogP contribution < -0.4 is 5.73 Å². The first-order valence-electron chi connectivity index (χ1n) is 3.49. The number of hydrogen-bond acceptors (Lipinski definition) is 2. The van der Waals surface area contributed by atoms with E-state index in [4.69, 9.17) is 10.2 Å². The number of nitrogens with two attached hydrogens (primary N) is 1. The highest BCUT2D eigenvalue weighted by molar-refractivity contribution is 5.12. The quantitative estimate of drug-likeness (QED) is 0.677. The van der Waals surface area contributed by atoms with Crippen molar-refractivity contribution in [1.82, 2.24) is 0 Å². The normalized spacial score (nSPS) is 16.7. The Balaban J connectivity index is 2.68. The zero-order chi connectivity index (χ0) is 7.56. The van der Waals surface area contributed by atoms with Crippen molar-refractivity contribution in [3.05, 3.63) is 24.2 Å². The Kier molecular flexibility index (Phi) is 2.12. The van der Waals surface area contributed by atoms with Crippen molar-refractivity contribution in [2.75, 3.05) is 0 Å². The van der Waals surface area contributed by atoms with Gasteiger partial charge in [-0.25, -0.2) is 0 Å². The minimum Gasteiger partial charge on any atom is -0.472 e. The highest BCUT2D eigenvalue weighted by atomic mass is 16.3. The van der Waals surface area contributed by atoms with Gasteiger partial charge >= 0.3 is 0 Å². The van der Waals surface area contributed by atoms with E-state index in [1.807, 2.05) is 13.0 Å². The fourth-order valence-corrected chi connectivity index (χ4v) is 0.838. The molecule has 0 spiro atoms. The molecular formula is C8H13NO. The Morgan fingerprint density at radius 1 is 1.50 bits per heavy atom. The third kappa shape index (κ3) is 1.39. The first kappa shape index (κ1) is 7.35. The van der Waals surface area contributed by atoms with Crippen molar-refractivity contribution in [3.8, 4) is 0 Å². The second kappa shape index (κ2) is 2.88. The summed E-state index contributed by atoms with van der Waals surface area (Å²) in [4.78, 5) is 0.